The fourth-order valence-corrected chi connectivity index (χ4v) is 5.64. The van der Waals surface area contributed by atoms with Crippen molar-refractivity contribution in [1.29, 1.82) is 0 Å². The Bertz CT molecular complexity index is 1110. The van der Waals surface area contributed by atoms with E-state index in [1.807, 2.05) is 55.7 Å². The number of aromatic nitrogens is 1. The number of rotatable bonds is 19. The predicted octanol–water partition coefficient (Wildman–Crippen LogP) is 8.51. The van der Waals surface area contributed by atoms with Crippen LogP contribution in [0.5, 0.6) is 11.5 Å². The van der Waals surface area contributed by atoms with E-state index in [0.717, 1.165) is 23.2 Å². The standard InChI is InChI=1S/C33H46N2O3S/c1-4-5-6-7-8-9-10-11-12-13-14-15-23-38-31-25-27(16-21-30(31)37-3)26-32(36)34-29-19-17-28(18-20-29)33-35(2)22-24-39-33/h16-22,24-25H,4-15,23,26H2,1-3H3/p+1. The molecule has 1 aromatic heterocycles. The molecule has 3 rings (SSSR count). The summed E-state index contributed by atoms with van der Waals surface area (Å²) in [7, 11) is 3.69. The third kappa shape index (κ3) is 11.0. The second-order valence-electron chi connectivity index (χ2n) is 10.3. The number of thiazole rings is 1. The molecule has 2 aromatic carbocycles. The summed E-state index contributed by atoms with van der Waals surface area (Å²) in [6.45, 7) is 2.94. The lowest BCUT2D eigenvalue weighted by atomic mass is 10.1. The van der Waals surface area contributed by atoms with Crippen LogP contribution in [-0.4, -0.2) is 19.6 Å². The highest BCUT2D eigenvalue weighted by Gasteiger charge is 2.12. The molecule has 0 atom stereocenters. The van der Waals surface area contributed by atoms with Crippen LogP contribution in [0.1, 0.15) is 89.5 Å². The van der Waals surface area contributed by atoms with Crippen LogP contribution in [0.25, 0.3) is 10.6 Å². The number of nitrogens with one attached hydrogen (secondary N) is 1. The minimum absolute atomic E-state index is 0.0542. The molecule has 6 heteroatoms. The number of benzene rings is 2. The Labute approximate surface area is 239 Å². The Morgan fingerprint density at radius 3 is 2.08 bits per heavy atom. The number of ether oxygens (including phenoxy) is 2. The van der Waals surface area contributed by atoms with Crippen LogP contribution in [0.3, 0.4) is 0 Å². The quantitative estimate of drug-likeness (QED) is 0.120. The lowest BCUT2D eigenvalue weighted by molar-refractivity contribution is -0.655. The molecule has 1 heterocycles. The van der Waals surface area contributed by atoms with E-state index in [4.69, 9.17) is 9.47 Å². The fraction of sp³-hybridized carbons (Fsp3) is 0.515. The number of unbranched alkanes of at least 4 members (excludes halogenated alkanes) is 11. The number of amides is 1. The van der Waals surface area contributed by atoms with Crippen molar-refractivity contribution >= 4 is 22.9 Å². The Balaban J connectivity index is 1.35. The molecule has 0 fully saturated rings. The van der Waals surface area contributed by atoms with Gasteiger partial charge in [-0.1, -0.05) is 95.0 Å². The maximum Gasteiger partial charge on any atom is 0.268 e. The summed E-state index contributed by atoms with van der Waals surface area (Å²) in [6.07, 6.45) is 18.2. The number of nitrogens with zero attached hydrogens (tertiary/aromatic N) is 1. The first kappa shape index (κ1) is 30.7. The number of methoxy groups -OCH3 is 1. The lowest BCUT2D eigenvalue weighted by Gasteiger charge is -2.13. The van der Waals surface area contributed by atoms with Gasteiger partial charge in [0, 0.05) is 5.69 Å². The Hall–Kier alpha value is -2.86. The molecule has 0 saturated heterocycles. The van der Waals surface area contributed by atoms with Crippen molar-refractivity contribution in [3.05, 3.63) is 59.6 Å². The summed E-state index contributed by atoms with van der Waals surface area (Å²) in [5.74, 6) is 1.36. The van der Waals surface area contributed by atoms with Crippen LogP contribution in [0.2, 0.25) is 0 Å². The van der Waals surface area contributed by atoms with Crippen molar-refractivity contribution < 1.29 is 18.8 Å². The maximum absolute atomic E-state index is 12.7. The molecular formula is C33H47N2O3S+. The van der Waals surface area contributed by atoms with Gasteiger partial charge in [0.1, 0.15) is 7.05 Å². The van der Waals surface area contributed by atoms with Crippen LogP contribution < -0.4 is 19.4 Å². The monoisotopic (exact) mass is 551 g/mol. The van der Waals surface area contributed by atoms with Crippen molar-refractivity contribution in [2.24, 2.45) is 7.05 Å². The van der Waals surface area contributed by atoms with E-state index in [2.05, 4.69) is 22.2 Å². The van der Waals surface area contributed by atoms with Gasteiger partial charge in [0.25, 0.3) is 5.01 Å². The van der Waals surface area contributed by atoms with E-state index in [1.54, 1.807) is 18.4 Å². The largest absolute Gasteiger partial charge is 0.493 e. The molecule has 0 aliphatic carbocycles. The number of aryl methyl sites for hydroxylation is 1. The summed E-state index contributed by atoms with van der Waals surface area (Å²) >= 11 is 1.70. The van der Waals surface area contributed by atoms with E-state index in [0.29, 0.717) is 18.1 Å². The topological polar surface area (TPSA) is 51.4 Å². The van der Waals surface area contributed by atoms with E-state index in [1.165, 1.54) is 75.6 Å². The van der Waals surface area contributed by atoms with Gasteiger partial charge in [0.15, 0.2) is 17.7 Å². The van der Waals surface area contributed by atoms with Crippen LogP contribution in [0.4, 0.5) is 5.69 Å². The number of carbonyl (C=O) groups is 1. The zero-order valence-corrected chi connectivity index (χ0v) is 25.0. The van der Waals surface area contributed by atoms with Crippen molar-refractivity contribution in [2.45, 2.75) is 90.4 Å². The summed E-state index contributed by atoms with van der Waals surface area (Å²) < 4.78 is 13.6. The van der Waals surface area contributed by atoms with Crippen molar-refractivity contribution in [1.82, 2.24) is 0 Å². The van der Waals surface area contributed by atoms with Gasteiger partial charge in [-0.05, 0) is 48.4 Å². The van der Waals surface area contributed by atoms with E-state index in [-0.39, 0.29) is 12.3 Å². The van der Waals surface area contributed by atoms with Gasteiger partial charge < -0.3 is 14.8 Å². The summed E-state index contributed by atoms with van der Waals surface area (Å²) in [5.41, 5.74) is 2.83. The molecule has 1 amide bonds. The summed E-state index contributed by atoms with van der Waals surface area (Å²) in [4.78, 5) is 12.7. The Kier molecular flexibility index (Phi) is 13.9. The van der Waals surface area contributed by atoms with Crippen LogP contribution in [0, 0.1) is 0 Å². The van der Waals surface area contributed by atoms with Crippen molar-refractivity contribution in [3.8, 4) is 22.1 Å². The van der Waals surface area contributed by atoms with Gasteiger partial charge in [-0.3, -0.25) is 4.79 Å². The highest BCUT2D eigenvalue weighted by Crippen LogP contribution is 2.29. The molecule has 3 aromatic rings. The molecule has 1 N–H and O–H groups in total. The molecule has 0 radical (unpaired) electrons. The number of carbonyl (C=O) groups excluding carboxylic acids is 1. The molecule has 0 bridgehead atoms. The molecule has 0 aliphatic heterocycles. The van der Waals surface area contributed by atoms with Crippen LogP contribution >= 0.6 is 11.3 Å². The number of anilines is 1. The average Bonchev–Trinajstić information content (AvgIpc) is 3.37. The molecule has 0 unspecified atom stereocenters. The first-order chi connectivity index (χ1) is 19.1. The van der Waals surface area contributed by atoms with E-state index >= 15 is 0 Å². The lowest BCUT2D eigenvalue weighted by Crippen LogP contribution is -2.26. The second-order valence-corrected chi connectivity index (χ2v) is 11.2. The second kappa shape index (κ2) is 17.7. The van der Waals surface area contributed by atoms with Gasteiger partial charge in [0.2, 0.25) is 5.91 Å². The van der Waals surface area contributed by atoms with E-state index < -0.39 is 0 Å². The van der Waals surface area contributed by atoms with E-state index in [9.17, 15) is 4.79 Å². The Morgan fingerprint density at radius 2 is 1.49 bits per heavy atom. The smallest absolute Gasteiger partial charge is 0.268 e. The van der Waals surface area contributed by atoms with Crippen LogP contribution in [-0.2, 0) is 18.3 Å². The molecule has 0 spiro atoms. The third-order valence-corrected chi connectivity index (χ3v) is 8.05. The highest BCUT2D eigenvalue weighted by molar-refractivity contribution is 7.12. The Morgan fingerprint density at radius 1 is 0.846 bits per heavy atom. The van der Waals surface area contributed by atoms with Gasteiger partial charge in [-0.2, -0.15) is 4.57 Å². The maximum atomic E-state index is 12.7. The predicted molar refractivity (Wildman–Crippen MR) is 163 cm³/mol. The highest BCUT2D eigenvalue weighted by atomic mass is 32.1. The first-order valence-corrected chi connectivity index (χ1v) is 15.6. The van der Waals surface area contributed by atoms with Crippen molar-refractivity contribution in [3.63, 3.8) is 0 Å². The van der Waals surface area contributed by atoms with Gasteiger partial charge in [0.05, 0.1) is 31.1 Å². The molecule has 0 aliphatic rings. The number of hydrogen-bond acceptors (Lipinski definition) is 4. The normalized spacial score (nSPS) is 10.9. The van der Waals surface area contributed by atoms with Gasteiger partial charge in [-0.25, -0.2) is 0 Å². The average molecular weight is 552 g/mol. The minimum atomic E-state index is -0.0542. The summed E-state index contributed by atoms with van der Waals surface area (Å²) in [6, 6.07) is 13.7. The number of hydrogen-bond donors (Lipinski definition) is 1. The first-order valence-electron chi connectivity index (χ1n) is 14.7. The molecular weight excluding hydrogens is 504 g/mol. The van der Waals surface area contributed by atoms with Crippen molar-refractivity contribution in [2.75, 3.05) is 19.0 Å². The zero-order chi connectivity index (χ0) is 27.7. The SMILES string of the molecule is CCCCCCCCCCCCCCOc1cc(CC(=O)Nc2ccc(-c3scc[n+]3C)cc2)ccc1OC. The molecule has 5 nitrogen and oxygen atoms in total. The summed E-state index contributed by atoms with van der Waals surface area (Å²) in [5, 5.41) is 6.26. The zero-order valence-electron chi connectivity index (χ0n) is 24.2. The van der Waals surface area contributed by atoms with Gasteiger partial charge >= 0.3 is 0 Å². The molecule has 212 valence electrons. The van der Waals surface area contributed by atoms with Crippen LogP contribution in [0.15, 0.2) is 54.0 Å². The van der Waals surface area contributed by atoms with Gasteiger partial charge in [-0.15, -0.1) is 0 Å². The third-order valence-electron chi connectivity index (χ3n) is 7.05. The molecule has 39 heavy (non-hydrogen) atoms. The molecule has 0 saturated carbocycles. The fourth-order valence-electron chi connectivity index (χ4n) is 4.76. The minimum Gasteiger partial charge on any atom is -0.493 e.